The molecule has 0 saturated heterocycles. The molecule has 0 amide bonds. The highest BCUT2D eigenvalue weighted by atomic mass is 32.2. The van der Waals surface area contributed by atoms with Crippen LogP contribution in [-0.2, 0) is 23.0 Å². The fourth-order valence-corrected chi connectivity index (χ4v) is 2.04. The Labute approximate surface area is 120 Å². The highest BCUT2D eigenvalue weighted by molar-refractivity contribution is 7.88. The minimum absolute atomic E-state index is 0.142. The fourth-order valence-electron chi connectivity index (χ4n) is 1.55. The van der Waals surface area contributed by atoms with Crippen LogP contribution in [0, 0.1) is 11.3 Å². The van der Waals surface area contributed by atoms with Gasteiger partial charge in [-0.15, -0.1) is 6.58 Å². The first-order valence-corrected chi connectivity index (χ1v) is 7.22. The Morgan fingerprint density at radius 1 is 1.38 bits per heavy atom. The van der Waals surface area contributed by atoms with Gasteiger partial charge >= 0.3 is 15.6 Å². The second kappa shape index (κ2) is 6.63. The second-order valence-corrected chi connectivity index (χ2v) is 5.61. The largest absolute Gasteiger partial charge is 0.534 e. The summed E-state index contributed by atoms with van der Waals surface area (Å²) in [7, 11) is -5.71. The Morgan fingerprint density at radius 3 is 2.57 bits per heavy atom. The average Bonchev–Trinajstić information content (AvgIpc) is 2.37. The summed E-state index contributed by atoms with van der Waals surface area (Å²) in [5, 5.41) is 8.50. The van der Waals surface area contributed by atoms with Gasteiger partial charge in [0.05, 0.1) is 6.07 Å². The first-order chi connectivity index (χ1) is 9.71. The Balaban J connectivity index is 3.13. The number of halogens is 3. The van der Waals surface area contributed by atoms with Gasteiger partial charge in [0, 0.05) is 6.42 Å². The summed E-state index contributed by atoms with van der Waals surface area (Å²) < 4.78 is 63.1. The van der Waals surface area contributed by atoms with Crippen LogP contribution < -0.4 is 4.18 Å². The average molecular weight is 319 g/mol. The maximum atomic E-state index is 12.3. The van der Waals surface area contributed by atoms with Crippen LogP contribution in [0.3, 0.4) is 0 Å². The molecule has 114 valence electrons. The molecule has 4 nitrogen and oxygen atoms in total. The summed E-state index contributed by atoms with van der Waals surface area (Å²) in [4.78, 5) is 0. The van der Waals surface area contributed by atoms with Gasteiger partial charge in [0.25, 0.3) is 0 Å². The van der Waals surface area contributed by atoms with E-state index in [1.165, 1.54) is 18.2 Å². The predicted molar refractivity (Wildman–Crippen MR) is 69.9 cm³/mol. The molecule has 0 aliphatic carbocycles. The molecule has 1 aromatic carbocycles. The van der Waals surface area contributed by atoms with Crippen LogP contribution in [0.15, 0.2) is 30.9 Å². The lowest BCUT2D eigenvalue weighted by Crippen LogP contribution is -2.28. The van der Waals surface area contributed by atoms with Gasteiger partial charge in [-0.05, 0) is 30.0 Å². The van der Waals surface area contributed by atoms with Crippen LogP contribution in [0.25, 0.3) is 0 Å². The molecule has 0 heterocycles. The topological polar surface area (TPSA) is 67.2 Å². The van der Waals surface area contributed by atoms with Crippen LogP contribution in [-0.4, -0.2) is 13.9 Å². The van der Waals surface area contributed by atoms with Crippen molar-refractivity contribution >= 4 is 10.1 Å². The highest BCUT2D eigenvalue weighted by Crippen LogP contribution is 2.30. The number of alkyl halides is 3. The highest BCUT2D eigenvalue weighted by Gasteiger charge is 2.48. The number of hydrogen-bond acceptors (Lipinski definition) is 4. The second-order valence-electron chi connectivity index (χ2n) is 4.08. The van der Waals surface area contributed by atoms with Crippen molar-refractivity contribution in [1.82, 2.24) is 0 Å². The SMILES string of the molecule is C=CCc1cc(CCC#N)ccc1OS(=O)(=O)C(F)(F)F. The minimum Gasteiger partial charge on any atom is -0.376 e. The van der Waals surface area contributed by atoms with Crippen molar-refractivity contribution in [3.8, 4) is 11.8 Å². The number of nitrogens with zero attached hydrogens (tertiary/aromatic N) is 1. The Hall–Kier alpha value is -2.01. The van der Waals surface area contributed by atoms with Gasteiger partial charge in [0.15, 0.2) is 0 Å². The lowest BCUT2D eigenvalue weighted by atomic mass is 10.0. The van der Waals surface area contributed by atoms with Crippen molar-refractivity contribution in [3.05, 3.63) is 42.0 Å². The molecule has 8 heteroatoms. The number of rotatable bonds is 6. The van der Waals surface area contributed by atoms with Crippen molar-refractivity contribution < 1.29 is 25.8 Å². The fraction of sp³-hybridized carbons (Fsp3) is 0.308. The zero-order chi connectivity index (χ0) is 16.1. The number of benzene rings is 1. The molecule has 0 atom stereocenters. The van der Waals surface area contributed by atoms with Gasteiger partial charge in [-0.25, -0.2) is 0 Å². The quantitative estimate of drug-likeness (QED) is 0.459. The van der Waals surface area contributed by atoms with Crippen molar-refractivity contribution in [2.45, 2.75) is 24.8 Å². The van der Waals surface area contributed by atoms with Crippen LogP contribution in [0.1, 0.15) is 17.5 Å². The summed E-state index contributed by atoms with van der Waals surface area (Å²) in [6, 6.07) is 6.01. The molecule has 0 radical (unpaired) electrons. The summed E-state index contributed by atoms with van der Waals surface area (Å²) in [6.45, 7) is 3.45. The Morgan fingerprint density at radius 2 is 2.05 bits per heavy atom. The third-order valence-corrected chi connectivity index (χ3v) is 3.46. The summed E-state index contributed by atoms with van der Waals surface area (Å²) >= 11 is 0. The van der Waals surface area contributed by atoms with E-state index in [9.17, 15) is 21.6 Å². The first kappa shape index (κ1) is 17.0. The van der Waals surface area contributed by atoms with Crippen molar-refractivity contribution in [3.63, 3.8) is 0 Å². The molecule has 0 aromatic heterocycles. The first-order valence-electron chi connectivity index (χ1n) is 5.81. The third-order valence-electron chi connectivity index (χ3n) is 2.50. The van der Waals surface area contributed by atoms with Crippen molar-refractivity contribution in [1.29, 1.82) is 5.26 Å². The third kappa shape index (κ3) is 4.49. The molecule has 0 unspecified atom stereocenters. The smallest absolute Gasteiger partial charge is 0.376 e. The van der Waals surface area contributed by atoms with E-state index >= 15 is 0 Å². The van der Waals surface area contributed by atoms with E-state index in [1.807, 2.05) is 6.07 Å². The zero-order valence-corrected chi connectivity index (χ0v) is 11.7. The summed E-state index contributed by atoms with van der Waals surface area (Å²) in [5.74, 6) is -0.395. The molecule has 0 bridgehead atoms. The van der Waals surface area contributed by atoms with Crippen LogP contribution >= 0.6 is 0 Å². The predicted octanol–water partition coefficient (Wildman–Crippen LogP) is 3.10. The van der Waals surface area contributed by atoms with E-state index in [2.05, 4.69) is 10.8 Å². The molecule has 0 spiro atoms. The summed E-state index contributed by atoms with van der Waals surface area (Å²) in [5.41, 5.74) is -4.53. The lowest BCUT2D eigenvalue weighted by molar-refractivity contribution is -0.0500. The minimum atomic E-state index is -5.71. The number of hydrogen-bond donors (Lipinski definition) is 0. The Bertz CT molecular complexity index is 660. The van der Waals surface area contributed by atoms with Gasteiger partial charge in [-0.1, -0.05) is 18.2 Å². The molecule has 0 aliphatic heterocycles. The number of aryl methyl sites for hydroxylation is 1. The van der Waals surface area contributed by atoms with E-state index in [0.29, 0.717) is 12.0 Å². The molecule has 0 N–H and O–H groups in total. The van der Waals surface area contributed by atoms with Crippen molar-refractivity contribution in [2.75, 3.05) is 0 Å². The van der Waals surface area contributed by atoms with Gasteiger partial charge in [0.1, 0.15) is 5.75 Å². The van der Waals surface area contributed by atoms with Gasteiger partial charge in [-0.2, -0.15) is 26.9 Å². The zero-order valence-electron chi connectivity index (χ0n) is 10.9. The van der Waals surface area contributed by atoms with E-state index in [0.717, 1.165) is 6.07 Å². The van der Waals surface area contributed by atoms with E-state index in [1.54, 1.807) is 0 Å². The molecule has 1 aromatic rings. The normalized spacial score (nSPS) is 11.7. The molecular weight excluding hydrogens is 307 g/mol. The van der Waals surface area contributed by atoms with Crippen molar-refractivity contribution in [2.24, 2.45) is 0 Å². The van der Waals surface area contributed by atoms with Gasteiger partial charge in [-0.3, -0.25) is 0 Å². The standard InChI is InChI=1S/C13H12F3NO3S/c1-2-4-11-9-10(5-3-8-17)6-7-12(11)20-21(18,19)13(14,15)16/h2,6-7,9H,1,3-5H2. The Kier molecular flexibility index (Phi) is 5.38. The van der Waals surface area contributed by atoms with E-state index < -0.39 is 21.4 Å². The molecular formula is C13H12F3NO3S. The molecule has 0 aliphatic rings. The van der Waals surface area contributed by atoms with E-state index in [-0.39, 0.29) is 18.4 Å². The monoisotopic (exact) mass is 319 g/mol. The molecule has 0 fully saturated rings. The molecule has 1 rings (SSSR count). The van der Waals surface area contributed by atoms with Gasteiger partial charge < -0.3 is 4.18 Å². The summed E-state index contributed by atoms with van der Waals surface area (Å²) in [6.07, 6.45) is 2.21. The molecule has 21 heavy (non-hydrogen) atoms. The maximum Gasteiger partial charge on any atom is 0.534 e. The lowest BCUT2D eigenvalue weighted by Gasteiger charge is -2.13. The maximum absolute atomic E-state index is 12.3. The number of nitriles is 1. The van der Waals surface area contributed by atoms with E-state index in [4.69, 9.17) is 5.26 Å². The molecule has 0 saturated carbocycles. The number of allylic oxidation sites excluding steroid dienone is 1. The van der Waals surface area contributed by atoms with Gasteiger partial charge in [0.2, 0.25) is 0 Å². The van der Waals surface area contributed by atoms with Crippen LogP contribution in [0.2, 0.25) is 0 Å². The van der Waals surface area contributed by atoms with Crippen LogP contribution in [0.5, 0.6) is 5.75 Å². The van der Waals surface area contributed by atoms with Crippen LogP contribution in [0.4, 0.5) is 13.2 Å².